The largest absolute Gasteiger partial charge is 0.340 e. The Labute approximate surface area is 170 Å². The average Bonchev–Trinajstić information content (AvgIpc) is 3.35. The number of H-pyrrole nitrogens is 1. The first kappa shape index (κ1) is 19.6. The van der Waals surface area contributed by atoms with Crippen molar-refractivity contribution in [1.29, 1.82) is 0 Å². The molecule has 2 aromatic carbocycles. The van der Waals surface area contributed by atoms with Crippen molar-refractivity contribution in [3.8, 4) is 0 Å². The van der Waals surface area contributed by atoms with Crippen molar-refractivity contribution in [2.24, 2.45) is 0 Å². The minimum absolute atomic E-state index is 0.142. The maximum atomic E-state index is 13.3. The molecule has 1 amide bonds. The molecular formula is C21H24N4O3S. The third-order valence-corrected chi connectivity index (χ3v) is 7.20. The van der Waals surface area contributed by atoms with Gasteiger partial charge in [0.25, 0.3) is 5.91 Å². The standard InChI is InChI=1S/C21H24N4O3S/c1-13-11-15(12-19(14(13)2)29(27,28)22-3)21(26)25-10-6-9-18(25)20-23-16-7-4-5-8-17(16)24-20/h4-5,7-8,11-12,18,22H,6,9-10H2,1-3H3,(H,23,24)/t18-/m0/s1. The van der Waals surface area contributed by atoms with E-state index in [1.54, 1.807) is 17.9 Å². The zero-order valence-electron chi connectivity index (χ0n) is 16.7. The number of hydrogen-bond donors (Lipinski definition) is 2. The SMILES string of the molecule is CNS(=O)(=O)c1cc(C(=O)N2CCC[C@H]2c2nc3ccccc3[nH]2)cc(C)c1C. The Hall–Kier alpha value is -2.71. The molecule has 0 bridgehead atoms. The summed E-state index contributed by atoms with van der Waals surface area (Å²) in [7, 11) is -2.28. The summed E-state index contributed by atoms with van der Waals surface area (Å²) < 4.78 is 27.2. The number of imidazole rings is 1. The first-order valence-electron chi connectivity index (χ1n) is 9.62. The lowest BCUT2D eigenvalue weighted by atomic mass is 10.0. The highest BCUT2D eigenvalue weighted by Crippen LogP contribution is 2.33. The van der Waals surface area contributed by atoms with Gasteiger partial charge in [-0.05, 0) is 69.1 Å². The van der Waals surface area contributed by atoms with Crippen LogP contribution in [0.1, 0.15) is 46.2 Å². The fourth-order valence-corrected chi connectivity index (χ4v) is 5.00. The van der Waals surface area contributed by atoms with Gasteiger partial charge in [0, 0.05) is 12.1 Å². The first-order valence-corrected chi connectivity index (χ1v) is 11.1. The van der Waals surface area contributed by atoms with Crippen molar-refractivity contribution >= 4 is 27.0 Å². The molecule has 152 valence electrons. The number of benzene rings is 2. The number of likely N-dealkylation sites (tertiary alicyclic amines) is 1. The van der Waals surface area contributed by atoms with Crippen LogP contribution in [0.25, 0.3) is 11.0 Å². The number of rotatable bonds is 4. The predicted molar refractivity (Wildman–Crippen MR) is 111 cm³/mol. The molecule has 1 fully saturated rings. The second-order valence-corrected chi connectivity index (χ2v) is 9.27. The fraction of sp³-hybridized carbons (Fsp3) is 0.333. The Morgan fingerprint density at radius 3 is 2.72 bits per heavy atom. The molecule has 0 unspecified atom stereocenters. The molecule has 2 N–H and O–H groups in total. The maximum Gasteiger partial charge on any atom is 0.254 e. The topological polar surface area (TPSA) is 95.2 Å². The van der Waals surface area contributed by atoms with Crippen molar-refractivity contribution < 1.29 is 13.2 Å². The monoisotopic (exact) mass is 412 g/mol. The molecule has 0 saturated carbocycles. The van der Waals surface area contributed by atoms with Gasteiger partial charge in [0.2, 0.25) is 10.0 Å². The van der Waals surface area contributed by atoms with E-state index in [1.165, 1.54) is 13.1 Å². The number of amides is 1. The van der Waals surface area contributed by atoms with E-state index in [9.17, 15) is 13.2 Å². The summed E-state index contributed by atoms with van der Waals surface area (Å²) in [6.45, 7) is 4.18. The Morgan fingerprint density at radius 1 is 1.24 bits per heavy atom. The fourth-order valence-electron chi connectivity index (χ4n) is 3.93. The lowest BCUT2D eigenvalue weighted by Gasteiger charge is -2.24. The summed E-state index contributed by atoms with van der Waals surface area (Å²) in [5.41, 5.74) is 3.60. The van der Waals surface area contributed by atoms with Crippen LogP contribution >= 0.6 is 0 Å². The molecular weight excluding hydrogens is 388 g/mol. The smallest absolute Gasteiger partial charge is 0.254 e. The van der Waals surface area contributed by atoms with E-state index in [4.69, 9.17) is 0 Å². The van der Waals surface area contributed by atoms with Gasteiger partial charge in [-0.3, -0.25) is 4.79 Å². The molecule has 1 saturated heterocycles. The van der Waals surface area contributed by atoms with Crippen LogP contribution in [0, 0.1) is 13.8 Å². The average molecular weight is 413 g/mol. The van der Waals surface area contributed by atoms with Gasteiger partial charge in [-0.15, -0.1) is 0 Å². The number of aromatic nitrogens is 2. The normalized spacial score (nSPS) is 17.2. The Kier molecular flexibility index (Phi) is 4.92. The van der Waals surface area contributed by atoms with Crippen LogP contribution < -0.4 is 4.72 Å². The second kappa shape index (κ2) is 7.27. The third kappa shape index (κ3) is 3.42. The molecule has 0 radical (unpaired) electrons. The van der Waals surface area contributed by atoms with Crippen LogP contribution in [0.4, 0.5) is 0 Å². The highest BCUT2D eigenvalue weighted by molar-refractivity contribution is 7.89. The highest BCUT2D eigenvalue weighted by Gasteiger charge is 2.33. The number of para-hydroxylation sites is 2. The van der Waals surface area contributed by atoms with Crippen LogP contribution in [0.3, 0.4) is 0 Å². The summed E-state index contributed by atoms with van der Waals surface area (Å²) in [4.78, 5) is 23.3. The Balaban J connectivity index is 1.72. The number of hydrogen-bond acceptors (Lipinski definition) is 4. The van der Waals surface area contributed by atoms with E-state index in [0.29, 0.717) is 17.7 Å². The van der Waals surface area contributed by atoms with Gasteiger partial charge in [0.05, 0.1) is 22.0 Å². The molecule has 0 spiro atoms. The van der Waals surface area contributed by atoms with E-state index in [2.05, 4.69) is 14.7 Å². The minimum atomic E-state index is -3.65. The zero-order chi connectivity index (χ0) is 20.8. The quantitative estimate of drug-likeness (QED) is 0.688. The van der Waals surface area contributed by atoms with Crippen molar-refractivity contribution in [3.63, 3.8) is 0 Å². The number of carbonyl (C=O) groups is 1. The lowest BCUT2D eigenvalue weighted by Crippen LogP contribution is -2.31. The Bertz CT molecular complexity index is 1170. The van der Waals surface area contributed by atoms with Gasteiger partial charge in [0.15, 0.2) is 0 Å². The maximum absolute atomic E-state index is 13.3. The molecule has 0 aliphatic carbocycles. The second-order valence-electron chi connectivity index (χ2n) is 7.42. The summed E-state index contributed by atoms with van der Waals surface area (Å²) in [6, 6.07) is 10.9. The molecule has 1 aliphatic heterocycles. The third-order valence-electron chi connectivity index (χ3n) is 5.66. The van der Waals surface area contributed by atoms with Gasteiger partial charge in [-0.2, -0.15) is 0 Å². The molecule has 2 heterocycles. The number of nitrogens with zero attached hydrogens (tertiary/aromatic N) is 2. The zero-order valence-corrected chi connectivity index (χ0v) is 17.5. The molecule has 3 aromatic rings. The van der Waals surface area contributed by atoms with Crippen LogP contribution in [-0.2, 0) is 10.0 Å². The molecule has 1 aromatic heterocycles. The van der Waals surface area contributed by atoms with Crippen LogP contribution in [0.5, 0.6) is 0 Å². The summed E-state index contributed by atoms with van der Waals surface area (Å²) in [6.07, 6.45) is 1.69. The summed E-state index contributed by atoms with van der Waals surface area (Å²) in [5.74, 6) is 0.590. The van der Waals surface area contributed by atoms with E-state index in [1.807, 2.05) is 31.2 Å². The van der Waals surface area contributed by atoms with E-state index in [0.717, 1.165) is 35.3 Å². The number of aromatic amines is 1. The molecule has 1 aliphatic rings. The summed E-state index contributed by atoms with van der Waals surface area (Å²) in [5, 5.41) is 0. The highest BCUT2D eigenvalue weighted by atomic mass is 32.2. The predicted octanol–water partition coefficient (Wildman–Crippen LogP) is 3.07. The Morgan fingerprint density at radius 2 is 2.00 bits per heavy atom. The van der Waals surface area contributed by atoms with Gasteiger partial charge in [-0.1, -0.05) is 12.1 Å². The van der Waals surface area contributed by atoms with Gasteiger partial charge >= 0.3 is 0 Å². The minimum Gasteiger partial charge on any atom is -0.340 e. The van der Waals surface area contributed by atoms with Crippen molar-refractivity contribution in [3.05, 3.63) is 58.9 Å². The molecule has 7 nitrogen and oxygen atoms in total. The van der Waals surface area contributed by atoms with Crippen LogP contribution in [0.15, 0.2) is 41.3 Å². The van der Waals surface area contributed by atoms with Crippen molar-refractivity contribution in [2.45, 2.75) is 37.6 Å². The van der Waals surface area contributed by atoms with Gasteiger partial charge in [0.1, 0.15) is 5.82 Å². The number of carbonyl (C=O) groups excluding carboxylic acids is 1. The molecule has 29 heavy (non-hydrogen) atoms. The van der Waals surface area contributed by atoms with Gasteiger partial charge in [-0.25, -0.2) is 18.1 Å². The van der Waals surface area contributed by atoms with E-state index < -0.39 is 10.0 Å². The number of sulfonamides is 1. The van der Waals surface area contributed by atoms with Crippen LogP contribution in [-0.4, -0.2) is 42.8 Å². The van der Waals surface area contributed by atoms with Gasteiger partial charge < -0.3 is 9.88 Å². The molecule has 8 heteroatoms. The molecule has 1 atom stereocenters. The summed E-state index contributed by atoms with van der Waals surface area (Å²) >= 11 is 0. The van der Waals surface area contributed by atoms with Crippen molar-refractivity contribution in [1.82, 2.24) is 19.6 Å². The first-order chi connectivity index (χ1) is 13.8. The number of nitrogens with one attached hydrogen (secondary N) is 2. The number of fused-ring (bicyclic) bond motifs is 1. The number of aryl methyl sites for hydroxylation is 1. The lowest BCUT2D eigenvalue weighted by molar-refractivity contribution is 0.0730. The molecule has 4 rings (SSSR count). The van der Waals surface area contributed by atoms with Crippen molar-refractivity contribution in [2.75, 3.05) is 13.6 Å². The van der Waals surface area contributed by atoms with E-state index in [-0.39, 0.29) is 16.8 Å². The van der Waals surface area contributed by atoms with Crippen LogP contribution in [0.2, 0.25) is 0 Å². The van der Waals surface area contributed by atoms with E-state index >= 15 is 0 Å².